The fourth-order valence-electron chi connectivity index (χ4n) is 0.123. The maximum Gasteiger partial charge on any atom is 0.176 e. The Kier molecular flexibility index (Phi) is 3.97. The van der Waals surface area contributed by atoms with Crippen LogP contribution in [-0.4, -0.2) is 11.4 Å². The molecule has 0 saturated heterocycles. The van der Waals surface area contributed by atoms with Gasteiger partial charge in [-0.15, -0.1) is 23.2 Å². The van der Waals surface area contributed by atoms with Crippen LogP contribution in [0.3, 0.4) is 0 Å². The molecule has 7 heavy (non-hydrogen) atoms. The molecule has 0 bridgehead atoms. The third kappa shape index (κ3) is 5.87. The Morgan fingerprint density at radius 2 is 2.29 bits per heavy atom. The number of nitriles is 1. The van der Waals surface area contributed by atoms with E-state index in [1.807, 2.05) is 0 Å². The van der Waals surface area contributed by atoms with E-state index < -0.39 is 4.84 Å². The van der Waals surface area contributed by atoms with E-state index in [1.165, 1.54) is 0 Å². The minimum atomic E-state index is -0.486. The Morgan fingerprint density at radius 1 is 1.71 bits per heavy atom. The highest BCUT2D eigenvalue weighted by Crippen LogP contribution is 1.96. The van der Waals surface area contributed by atoms with Crippen LogP contribution in [0.25, 0.3) is 0 Å². The van der Waals surface area contributed by atoms with Crippen LogP contribution < -0.4 is 5.32 Å². The van der Waals surface area contributed by atoms with Crippen molar-refractivity contribution in [1.82, 2.24) is 5.32 Å². The van der Waals surface area contributed by atoms with Gasteiger partial charge in [0.25, 0.3) is 0 Å². The van der Waals surface area contributed by atoms with Gasteiger partial charge >= 0.3 is 0 Å². The Hall–Kier alpha value is -0.130. The van der Waals surface area contributed by atoms with E-state index in [0.29, 0.717) is 6.54 Å². The van der Waals surface area contributed by atoms with E-state index in [0.717, 1.165) is 0 Å². The van der Waals surface area contributed by atoms with Gasteiger partial charge < -0.3 is 5.32 Å². The lowest BCUT2D eigenvalue weighted by molar-refractivity contribution is 0.908. The van der Waals surface area contributed by atoms with Crippen LogP contribution in [0.15, 0.2) is 0 Å². The van der Waals surface area contributed by atoms with Crippen LogP contribution in [0.4, 0.5) is 0 Å². The summed E-state index contributed by atoms with van der Waals surface area (Å²) >= 11 is 10.4. The normalized spacial score (nSPS) is 8.29. The summed E-state index contributed by atoms with van der Waals surface area (Å²) in [4.78, 5) is -0.486. The fraction of sp³-hybridized carbons (Fsp3) is 0.667. The molecule has 0 rings (SSSR count). The Balaban J connectivity index is 2.86. The van der Waals surface area contributed by atoms with Crippen LogP contribution in [0, 0.1) is 11.5 Å². The highest BCUT2D eigenvalue weighted by molar-refractivity contribution is 6.44. The third-order valence-electron chi connectivity index (χ3n) is 0.335. The van der Waals surface area contributed by atoms with Crippen molar-refractivity contribution in [3.8, 4) is 6.19 Å². The summed E-state index contributed by atoms with van der Waals surface area (Å²) < 4.78 is 0. The van der Waals surface area contributed by atoms with Gasteiger partial charge in [-0.25, -0.2) is 0 Å². The molecule has 0 unspecified atom stereocenters. The summed E-state index contributed by atoms with van der Waals surface area (Å²) in [6.45, 7) is 0.319. The summed E-state index contributed by atoms with van der Waals surface area (Å²) in [6.07, 6.45) is 1.68. The molecule has 0 atom stereocenters. The van der Waals surface area contributed by atoms with Crippen molar-refractivity contribution in [3.05, 3.63) is 0 Å². The minimum Gasteiger partial charge on any atom is -0.321 e. The number of rotatable bonds is 2. The van der Waals surface area contributed by atoms with Gasteiger partial charge in [-0.1, -0.05) is 0 Å². The zero-order valence-corrected chi connectivity index (χ0v) is 5.00. The summed E-state index contributed by atoms with van der Waals surface area (Å²) in [5.41, 5.74) is 0. The molecule has 0 aliphatic heterocycles. The Labute approximate surface area is 52.0 Å². The molecule has 0 heterocycles. The lowest BCUT2D eigenvalue weighted by Crippen LogP contribution is -2.13. The molecule has 4 heteroatoms. The van der Waals surface area contributed by atoms with E-state index >= 15 is 0 Å². The molecule has 0 aliphatic rings. The monoisotopic (exact) mass is 138 g/mol. The van der Waals surface area contributed by atoms with Gasteiger partial charge in [0.05, 0.1) is 6.54 Å². The molecule has 0 amide bonds. The van der Waals surface area contributed by atoms with Gasteiger partial charge in [0.2, 0.25) is 0 Å². The van der Waals surface area contributed by atoms with E-state index in [4.69, 9.17) is 28.5 Å². The predicted octanol–water partition coefficient (Wildman–Crippen LogP) is 0.861. The highest BCUT2D eigenvalue weighted by Gasteiger charge is 1.92. The van der Waals surface area contributed by atoms with Gasteiger partial charge in [-0.3, -0.25) is 0 Å². The summed E-state index contributed by atoms with van der Waals surface area (Å²) in [5.74, 6) is 0. The smallest absolute Gasteiger partial charge is 0.176 e. The minimum absolute atomic E-state index is 0.319. The maximum absolute atomic E-state index is 7.84. The zero-order chi connectivity index (χ0) is 5.70. The average molecular weight is 139 g/mol. The van der Waals surface area contributed by atoms with Gasteiger partial charge in [0.15, 0.2) is 6.19 Å². The molecule has 0 aromatic carbocycles. The number of hydrogen-bond donors (Lipinski definition) is 1. The largest absolute Gasteiger partial charge is 0.321 e. The van der Waals surface area contributed by atoms with E-state index in [-0.39, 0.29) is 0 Å². The topological polar surface area (TPSA) is 35.8 Å². The van der Waals surface area contributed by atoms with E-state index in [2.05, 4.69) is 5.32 Å². The van der Waals surface area contributed by atoms with Crippen LogP contribution in [0.1, 0.15) is 0 Å². The molecular weight excluding hydrogens is 135 g/mol. The van der Waals surface area contributed by atoms with Gasteiger partial charge in [-0.2, -0.15) is 5.26 Å². The van der Waals surface area contributed by atoms with Crippen molar-refractivity contribution in [1.29, 1.82) is 5.26 Å². The molecule has 2 nitrogen and oxygen atoms in total. The van der Waals surface area contributed by atoms with Gasteiger partial charge in [0.1, 0.15) is 4.84 Å². The Morgan fingerprint density at radius 3 is 2.43 bits per heavy atom. The second kappa shape index (κ2) is 4.04. The molecule has 0 saturated carbocycles. The first-order valence-corrected chi connectivity index (χ1v) is 2.54. The van der Waals surface area contributed by atoms with Crippen LogP contribution >= 0.6 is 23.2 Å². The van der Waals surface area contributed by atoms with E-state index in [1.54, 1.807) is 6.19 Å². The second-order valence-corrected chi connectivity index (χ2v) is 2.16. The molecule has 0 aliphatic carbocycles. The summed E-state index contributed by atoms with van der Waals surface area (Å²) in [5, 5.41) is 10.1. The van der Waals surface area contributed by atoms with Crippen LogP contribution in [-0.2, 0) is 0 Å². The number of nitrogens with zero attached hydrogens (tertiary/aromatic N) is 1. The average Bonchev–Trinajstić information content (AvgIpc) is 1.61. The molecular formula is C3H4Cl2N2. The molecule has 0 fully saturated rings. The SMILES string of the molecule is N#CNCC(Cl)Cl. The third-order valence-corrected chi connectivity index (χ3v) is 0.644. The van der Waals surface area contributed by atoms with Gasteiger partial charge in [0, 0.05) is 0 Å². The fourth-order valence-corrected chi connectivity index (χ4v) is 0.277. The van der Waals surface area contributed by atoms with Crippen molar-refractivity contribution in [3.63, 3.8) is 0 Å². The van der Waals surface area contributed by atoms with Crippen LogP contribution in [0.2, 0.25) is 0 Å². The van der Waals surface area contributed by atoms with Crippen molar-refractivity contribution < 1.29 is 0 Å². The first-order chi connectivity index (χ1) is 3.27. The quantitative estimate of drug-likeness (QED) is 0.350. The molecule has 1 N–H and O–H groups in total. The molecule has 0 spiro atoms. The van der Waals surface area contributed by atoms with Crippen molar-refractivity contribution in [2.45, 2.75) is 4.84 Å². The lowest BCUT2D eigenvalue weighted by atomic mass is 10.7. The van der Waals surface area contributed by atoms with Gasteiger partial charge in [-0.05, 0) is 0 Å². The van der Waals surface area contributed by atoms with Crippen LogP contribution in [0.5, 0.6) is 0 Å². The number of hydrogen-bond acceptors (Lipinski definition) is 2. The molecule has 0 aromatic heterocycles. The first-order valence-electron chi connectivity index (χ1n) is 1.67. The Bertz CT molecular complexity index is 75.5. The second-order valence-electron chi connectivity index (χ2n) is 0.884. The lowest BCUT2D eigenvalue weighted by Gasteiger charge is -1.92. The van der Waals surface area contributed by atoms with E-state index in [9.17, 15) is 0 Å². The first kappa shape index (κ1) is 6.87. The predicted molar refractivity (Wildman–Crippen MR) is 29.1 cm³/mol. The van der Waals surface area contributed by atoms with Crippen molar-refractivity contribution in [2.24, 2.45) is 0 Å². The standard InChI is InChI=1S/C3H4Cl2N2/c4-3(5)1-7-2-6/h3,7H,1H2. The number of halogens is 2. The molecule has 0 aromatic rings. The van der Waals surface area contributed by atoms with Crippen molar-refractivity contribution >= 4 is 23.2 Å². The molecule has 0 radical (unpaired) electrons. The number of nitrogens with one attached hydrogen (secondary N) is 1. The van der Waals surface area contributed by atoms with Crippen molar-refractivity contribution in [2.75, 3.05) is 6.54 Å². The zero-order valence-electron chi connectivity index (χ0n) is 3.49. The highest BCUT2D eigenvalue weighted by atomic mass is 35.5. The molecule has 40 valence electrons. The maximum atomic E-state index is 7.84. The summed E-state index contributed by atoms with van der Waals surface area (Å²) in [6, 6.07) is 0. The number of alkyl halides is 2. The summed E-state index contributed by atoms with van der Waals surface area (Å²) in [7, 11) is 0.